The summed E-state index contributed by atoms with van der Waals surface area (Å²) < 4.78 is 2.18. The highest BCUT2D eigenvalue weighted by molar-refractivity contribution is 7.15. The van der Waals surface area contributed by atoms with Crippen molar-refractivity contribution in [1.29, 1.82) is 0 Å². The molecule has 0 aliphatic carbocycles. The molecule has 5 nitrogen and oxygen atoms in total. The van der Waals surface area contributed by atoms with Crippen LogP contribution in [0.2, 0.25) is 5.02 Å². The molecule has 0 unspecified atom stereocenters. The minimum atomic E-state index is 0.138. The van der Waals surface area contributed by atoms with Crippen LogP contribution in [0, 0.1) is 5.92 Å². The number of nitrogens with zero attached hydrogens (tertiary/aromatic N) is 3. The van der Waals surface area contributed by atoms with Crippen LogP contribution in [-0.4, -0.2) is 40.3 Å². The maximum atomic E-state index is 11.8. The van der Waals surface area contributed by atoms with E-state index in [1.165, 1.54) is 5.69 Å². The first-order valence-electron chi connectivity index (χ1n) is 8.80. The van der Waals surface area contributed by atoms with Crippen LogP contribution in [0.1, 0.15) is 18.5 Å². The third-order valence-corrected chi connectivity index (χ3v) is 6.07. The molecule has 3 heterocycles. The molecule has 1 saturated heterocycles. The quantitative estimate of drug-likeness (QED) is 0.741. The van der Waals surface area contributed by atoms with Gasteiger partial charge in [0.2, 0.25) is 5.91 Å². The van der Waals surface area contributed by atoms with Gasteiger partial charge in [-0.3, -0.25) is 14.1 Å². The fraction of sp³-hybridized carbons (Fsp3) is 0.368. The molecule has 0 saturated carbocycles. The molecule has 136 valence electrons. The van der Waals surface area contributed by atoms with Crippen LogP contribution in [0.5, 0.6) is 0 Å². The van der Waals surface area contributed by atoms with E-state index in [-0.39, 0.29) is 11.8 Å². The zero-order valence-electron chi connectivity index (χ0n) is 14.6. The molecule has 0 radical (unpaired) electrons. The van der Waals surface area contributed by atoms with Gasteiger partial charge in [0.1, 0.15) is 0 Å². The Morgan fingerprint density at radius 1 is 1.31 bits per heavy atom. The predicted octanol–water partition coefficient (Wildman–Crippen LogP) is 3.67. The van der Waals surface area contributed by atoms with Gasteiger partial charge >= 0.3 is 0 Å². The van der Waals surface area contributed by atoms with Gasteiger partial charge in [-0.2, -0.15) is 0 Å². The van der Waals surface area contributed by atoms with Crippen molar-refractivity contribution in [2.45, 2.75) is 19.4 Å². The topological polar surface area (TPSA) is 49.6 Å². The molecule has 2 aromatic heterocycles. The summed E-state index contributed by atoms with van der Waals surface area (Å²) in [6.07, 6.45) is 3.89. The average molecular weight is 389 g/mol. The molecule has 1 amide bonds. The van der Waals surface area contributed by atoms with E-state index < -0.39 is 0 Å². The summed E-state index contributed by atoms with van der Waals surface area (Å²) >= 11 is 7.68. The van der Waals surface area contributed by atoms with Crippen molar-refractivity contribution in [3.05, 3.63) is 46.6 Å². The first-order valence-corrected chi connectivity index (χ1v) is 10.1. The SMILES string of the molecule is CNC(=O)C1CCN(Cc2c(-c3ccc(Cl)cc3)nc3sccn23)CC1. The molecule has 26 heavy (non-hydrogen) atoms. The van der Waals surface area contributed by atoms with Gasteiger partial charge in [0.15, 0.2) is 4.96 Å². The third kappa shape index (κ3) is 3.37. The molecule has 1 N–H and O–H groups in total. The highest BCUT2D eigenvalue weighted by Gasteiger charge is 2.26. The summed E-state index contributed by atoms with van der Waals surface area (Å²) in [6, 6.07) is 7.86. The Labute approximate surface area is 161 Å². The number of carbonyl (C=O) groups is 1. The average Bonchev–Trinajstić information content (AvgIpc) is 3.25. The number of aromatic nitrogens is 2. The molecule has 4 rings (SSSR count). The molecule has 1 aliphatic rings. The van der Waals surface area contributed by atoms with Crippen LogP contribution in [0.3, 0.4) is 0 Å². The number of thiazole rings is 1. The number of nitrogens with one attached hydrogen (secondary N) is 1. The lowest BCUT2D eigenvalue weighted by Gasteiger charge is -2.31. The minimum absolute atomic E-state index is 0.138. The van der Waals surface area contributed by atoms with Gasteiger partial charge in [-0.25, -0.2) is 4.98 Å². The Bertz CT molecular complexity index is 909. The third-order valence-electron chi connectivity index (χ3n) is 5.06. The molecule has 0 bridgehead atoms. The molecule has 1 aliphatic heterocycles. The summed E-state index contributed by atoms with van der Waals surface area (Å²) in [7, 11) is 1.71. The minimum Gasteiger partial charge on any atom is -0.359 e. The number of halogens is 1. The molecule has 0 spiro atoms. The molecule has 7 heteroatoms. The maximum Gasteiger partial charge on any atom is 0.222 e. The molecule has 1 fully saturated rings. The van der Waals surface area contributed by atoms with E-state index in [1.807, 2.05) is 24.3 Å². The van der Waals surface area contributed by atoms with E-state index >= 15 is 0 Å². The van der Waals surface area contributed by atoms with Gasteiger partial charge in [-0.05, 0) is 38.1 Å². The summed E-state index contributed by atoms with van der Waals surface area (Å²) in [6.45, 7) is 2.68. The zero-order valence-corrected chi connectivity index (χ0v) is 16.2. The standard InChI is InChI=1S/C19H21ClN4OS/c1-21-18(25)14-6-8-23(9-7-14)12-16-17(13-2-4-15(20)5-3-13)22-19-24(16)10-11-26-19/h2-5,10-11,14H,6-9,12H2,1H3,(H,21,25). The molecule has 1 aromatic carbocycles. The normalized spacial score (nSPS) is 16.2. The zero-order chi connectivity index (χ0) is 18.1. The highest BCUT2D eigenvalue weighted by Crippen LogP contribution is 2.29. The fourth-order valence-corrected chi connectivity index (χ4v) is 4.45. The number of hydrogen-bond acceptors (Lipinski definition) is 4. The second kappa shape index (κ2) is 7.39. The van der Waals surface area contributed by atoms with Gasteiger partial charge in [0, 0.05) is 41.7 Å². The van der Waals surface area contributed by atoms with E-state index in [0.29, 0.717) is 0 Å². The Balaban J connectivity index is 1.58. The maximum absolute atomic E-state index is 11.8. The number of amides is 1. The predicted molar refractivity (Wildman–Crippen MR) is 106 cm³/mol. The van der Waals surface area contributed by atoms with E-state index in [2.05, 4.69) is 26.2 Å². The number of imidazole rings is 1. The molecule has 3 aromatic rings. The lowest BCUT2D eigenvalue weighted by Crippen LogP contribution is -2.39. The summed E-state index contributed by atoms with van der Waals surface area (Å²) in [4.78, 5) is 20.1. The van der Waals surface area contributed by atoms with Crippen LogP contribution >= 0.6 is 22.9 Å². The Morgan fingerprint density at radius 3 is 2.73 bits per heavy atom. The van der Waals surface area contributed by atoms with E-state index in [1.54, 1.807) is 18.4 Å². The lowest BCUT2D eigenvalue weighted by molar-refractivity contribution is -0.125. The number of carbonyl (C=O) groups excluding carboxylic acids is 1. The smallest absolute Gasteiger partial charge is 0.222 e. The first-order chi connectivity index (χ1) is 12.7. The van der Waals surface area contributed by atoms with Gasteiger partial charge < -0.3 is 5.32 Å². The van der Waals surface area contributed by atoms with Crippen molar-refractivity contribution in [1.82, 2.24) is 19.6 Å². The molecular formula is C19H21ClN4OS. The van der Waals surface area contributed by atoms with Gasteiger partial charge in [-0.15, -0.1) is 11.3 Å². The Hall–Kier alpha value is -1.89. The molecular weight excluding hydrogens is 368 g/mol. The van der Waals surface area contributed by atoms with E-state index in [4.69, 9.17) is 16.6 Å². The number of piperidine rings is 1. The van der Waals surface area contributed by atoms with Crippen molar-refractivity contribution < 1.29 is 4.79 Å². The van der Waals surface area contributed by atoms with Crippen LogP contribution in [0.15, 0.2) is 35.8 Å². The van der Waals surface area contributed by atoms with Crippen molar-refractivity contribution in [3.8, 4) is 11.3 Å². The number of hydrogen-bond donors (Lipinski definition) is 1. The summed E-state index contributed by atoms with van der Waals surface area (Å²) in [5, 5.41) is 5.56. The Kier molecular flexibility index (Phi) is 4.98. The van der Waals surface area contributed by atoms with Crippen LogP contribution in [-0.2, 0) is 11.3 Å². The lowest BCUT2D eigenvalue weighted by atomic mass is 9.96. The van der Waals surface area contributed by atoms with Crippen molar-refractivity contribution in [2.24, 2.45) is 5.92 Å². The number of benzene rings is 1. The van der Waals surface area contributed by atoms with Gasteiger partial charge in [0.25, 0.3) is 0 Å². The van der Waals surface area contributed by atoms with Crippen LogP contribution < -0.4 is 5.32 Å². The van der Waals surface area contributed by atoms with Crippen LogP contribution in [0.25, 0.3) is 16.2 Å². The number of fused-ring (bicyclic) bond motifs is 1. The largest absolute Gasteiger partial charge is 0.359 e. The number of rotatable bonds is 4. The second-order valence-electron chi connectivity index (χ2n) is 6.63. The molecule has 0 atom stereocenters. The van der Waals surface area contributed by atoms with Crippen LogP contribution in [0.4, 0.5) is 0 Å². The van der Waals surface area contributed by atoms with Gasteiger partial charge in [0.05, 0.1) is 11.4 Å². The summed E-state index contributed by atoms with van der Waals surface area (Å²) in [5.74, 6) is 0.301. The number of likely N-dealkylation sites (tertiary alicyclic amines) is 1. The van der Waals surface area contributed by atoms with Gasteiger partial charge in [-0.1, -0.05) is 23.7 Å². The van der Waals surface area contributed by atoms with E-state index in [0.717, 1.165) is 53.7 Å². The van der Waals surface area contributed by atoms with Crippen molar-refractivity contribution in [3.63, 3.8) is 0 Å². The highest BCUT2D eigenvalue weighted by atomic mass is 35.5. The monoisotopic (exact) mass is 388 g/mol. The Morgan fingerprint density at radius 2 is 2.04 bits per heavy atom. The fourth-order valence-electron chi connectivity index (χ4n) is 3.59. The van der Waals surface area contributed by atoms with Crippen molar-refractivity contribution >= 4 is 33.8 Å². The summed E-state index contributed by atoms with van der Waals surface area (Å²) in [5.41, 5.74) is 3.30. The second-order valence-corrected chi connectivity index (χ2v) is 7.94. The first kappa shape index (κ1) is 17.5. The van der Waals surface area contributed by atoms with E-state index in [9.17, 15) is 4.79 Å². The van der Waals surface area contributed by atoms with Crippen molar-refractivity contribution in [2.75, 3.05) is 20.1 Å².